The van der Waals surface area contributed by atoms with E-state index in [4.69, 9.17) is 11.6 Å². The van der Waals surface area contributed by atoms with Crippen LogP contribution in [0.5, 0.6) is 0 Å². The molecule has 2 aromatic carbocycles. The summed E-state index contributed by atoms with van der Waals surface area (Å²) in [5.41, 5.74) is 0.894. The fraction of sp³-hybridized carbons (Fsp3) is 0.100. The van der Waals surface area contributed by atoms with Crippen molar-refractivity contribution in [1.29, 1.82) is 0 Å². The first-order chi connectivity index (χ1) is 14.3. The number of hydrogen-bond donors (Lipinski definition) is 2. The highest BCUT2D eigenvalue weighted by Crippen LogP contribution is 2.17. The minimum Gasteiger partial charge on any atom is -0.326 e. The number of halogens is 1. The van der Waals surface area contributed by atoms with Crippen molar-refractivity contribution in [3.63, 3.8) is 0 Å². The van der Waals surface area contributed by atoms with Gasteiger partial charge in [-0.3, -0.25) is 9.59 Å². The molecule has 3 rings (SSSR count). The number of nitrogens with zero attached hydrogens (tertiary/aromatic N) is 2. The summed E-state index contributed by atoms with van der Waals surface area (Å²) in [5.74, 6) is -0.568. The van der Waals surface area contributed by atoms with Crippen molar-refractivity contribution in [3.05, 3.63) is 77.6 Å². The maximum atomic E-state index is 12.3. The van der Waals surface area contributed by atoms with E-state index in [9.17, 15) is 18.0 Å². The average molecular weight is 445 g/mol. The highest BCUT2D eigenvalue weighted by Gasteiger charge is 2.16. The van der Waals surface area contributed by atoms with Crippen LogP contribution in [0.1, 0.15) is 23.2 Å². The van der Waals surface area contributed by atoms with Gasteiger partial charge in [0.05, 0.1) is 4.90 Å². The number of aromatic nitrogens is 2. The fourth-order valence-corrected chi connectivity index (χ4v) is 3.56. The number of benzene rings is 2. The van der Waals surface area contributed by atoms with Crippen molar-refractivity contribution >= 4 is 45.0 Å². The molecule has 2 N–H and O–H groups in total. The summed E-state index contributed by atoms with van der Waals surface area (Å²) in [6, 6.07) is 13.6. The zero-order valence-corrected chi connectivity index (χ0v) is 17.2. The van der Waals surface area contributed by atoms with Crippen molar-refractivity contribution in [2.45, 2.75) is 17.7 Å². The molecular formula is C20H17ClN4O4S. The summed E-state index contributed by atoms with van der Waals surface area (Å²) < 4.78 is 27.0. The fourth-order valence-electron chi connectivity index (χ4n) is 2.48. The molecule has 3 aromatic rings. The third-order valence-corrected chi connectivity index (χ3v) is 5.58. The van der Waals surface area contributed by atoms with Gasteiger partial charge in [-0.2, -0.15) is 0 Å². The van der Waals surface area contributed by atoms with Gasteiger partial charge >= 0.3 is 0 Å². The van der Waals surface area contributed by atoms with Crippen LogP contribution in [0, 0.1) is 0 Å². The van der Waals surface area contributed by atoms with E-state index in [-0.39, 0.29) is 35.4 Å². The Balaban J connectivity index is 1.55. The Morgan fingerprint density at radius 3 is 2.17 bits per heavy atom. The topological polar surface area (TPSA) is 118 Å². The molecule has 30 heavy (non-hydrogen) atoms. The third-order valence-electron chi connectivity index (χ3n) is 3.99. The van der Waals surface area contributed by atoms with Gasteiger partial charge in [0, 0.05) is 41.5 Å². The Morgan fingerprint density at radius 2 is 1.53 bits per heavy atom. The van der Waals surface area contributed by atoms with Gasteiger partial charge in [-0.15, -0.1) is 0 Å². The molecule has 0 bridgehead atoms. The number of carbonyl (C=O) groups excluding carboxylic acids is 2. The molecule has 0 fully saturated rings. The lowest BCUT2D eigenvalue weighted by molar-refractivity contribution is -0.116. The number of nitrogens with one attached hydrogen (secondary N) is 2. The highest BCUT2D eigenvalue weighted by molar-refractivity contribution is 7.92. The SMILES string of the molecule is O=C(CCC(=O)c1ccc(Cl)cc1)Nc1ccc(S(=O)(=O)Nc2ncccn2)cc1. The van der Waals surface area contributed by atoms with Gasteiger partial charge in [0.25, 0.3) is 10.0 Å². The van der Waals surface area contributed by atoms with Gasteiger partial charge in [-0.05, 0) is 54.6 Å². The first-order valence-corrected chi connectivity index (χ1v) is 10.7. The van der Waals surface area contributed by atoms with Crippen molar-refractivity contribution < 1.29 is 18.0 Å². The molecule has 0 unspecified atom stereocenters. The lowest BCUT2D eigenvalue weighted by Gasteiger charge is -2.08. The molecule has 8 nitrogen and oxygen atoms in total. The summed E-state index contributed by atoms with van der Waals surface area (Å²) in [6.45, 7) is 0. The zero-order chi connectivity index (χ0) is 21.6. The molecule has 0 radical (unpaired) electrons. The molecule has 0 atom stereocenters. The van der Waals surface area contributed by atoms with Crippen molar-refractivity contribution in [3.8, 4) is 0 Å². The Hall–Kier alpha value is -3.30. The van der Waals surface area contributed by atoms with E-state index in [0.29, 0.717) is 16.3 Å². The number of rotatable bonds is 8. The number of anilines is 2. The first kappa shape index (κ1) is 21.4. The van der Waals surface area contributed by atoms with Crippen LogP contribution in [0.25, 0.3) is 0 Å². The second kappa shape index (κ2) is 9.47. The Labute approximate surface area is 178 Å². The van der Waals surface area contributed by atoms with Crippen molar-refractivity contribution in [2.24, 2.45) is 0 Å². The highest BCUT2D eigenvalue weighted by atomic mass is 35.5. The third kappa shape index (κ3) is 5.85. The lowest BCUT2D eigenvalue weighted by Crippen LogP contribution is -2.15. The Morgan fingerprint density at radius 1 is 0.900 bits per heavy atom. The maximum Gasteiger partial charge on any atom is 0.264 e. The summed E-state index contributed by atoms with van der Waals surface area (Å²) in [4.78, 5) is 31.8. The molecule has 1 aromatic heterocycles. The van der Waals surface area contributed by atoms with Gasteiger partial charge < -0.3 is 5.32 Å². The predicted molar refractivity (Wildman–Crippen MR) is 113 cm³/mol. The number of Topliss-reactive ketones (excluding diaryl/α,β-unsaturated/α-hetero) is 1. The van der Waals surface area contributed by atoms with Gasteiger partial charge in [0.1, 0.15) is 0 Å². The van der Waals surface area contributed by atoms with Gasteiger partial charge in [-0.25, -0.2) is 23.1 Å². The van der Waals surface area contributed by atoms with Crippen molar-refractivity contribution in [1.82, 2.24) is 9.97 Å². The number of carbonyl (C=O) groups is 2. The van der Waals surface area contributed by atoms with Crippen LogP contribution in [0.3, 0.4) is 0 Å². The van der Waals surface area contributed by atoms with Crippen LogP contribution in [0.2, 0.25) is 5.02 Å². The van der Waals surface area contributed by atoms with E-state index in [1.807, 2.05) is 0 Å². The van der Waals surface area contributed by atoms with Gasteiger partial charge in [-0.1, -0.05) is 11.6 Å². The largest absolute Gasteiger partial charge is 0.326 e. The number of hydrogen-bond acceptors (Lipinski definition) is 6. The molecule has 0 spiro atoms. The van der Waals surface area contributed by atoms with Crippen LogP contribution in [-0.4, -0.2) is 30.1 Å². The normalized spacial score (nSPS) is 11.0. The molecule has 1 heterocycles. The van der Waals surface area contributed by atoms with Crippen LogP contribution < -0.4 is 10.0 Å². The predicted octanol–water partition coefficient (Wildman–Crippen LogP) is 3.53. The van der Waals surface area contributed by atoms with Crippen LogP contribution in [-0.2, 0) is 14.8 Å². The van der Waals surface area contributed by atoms with Crippen LogP contribution in [0.15, 0.2) is 71.9 Å². The first-order valence-electron chi connectivity index (χ1n) is 8.82. The maximum absolute atomic E-state index is 12.3. The van der Waals surface area contributed by atoms with Crippen LogP contribution in [0.4, 0.5) is 11.6 Å². The van der Waals surface area contributed by atoms with E-state index in [2.05, 4.69) is 20.0 Å². The van der Waals surface area contributed by atoms with Crippen molar-refractivity contribution in [2.75, 3.05) is 10.0 Å². The number of ketones is 1. The van der Waals surface area contributed by atoms with E-state index in [0.717, 1.165) is 0 Å². The van der Waals surface area contributed by atoms with E-state index in [1.54, 1.807) is 30.3 Å². The van der Waals surface area contributed by atoms with E-state index in [1.165, 1.54) is 36.7 Å². The zero-order valence-electron chi connectivity index (χ0n) is 15.6. The smallest absolute Gasteiger partial charge is 0.264 e. The molecule has 1 amide bonds. The summed E-state index contributed by atoms with van der Waals surface area (Å²) >= 11 is 5.79. The molecule has 0 saturated carbocycles. The standard InChI is InChI=1S/C20H17ClN4O4S/c21-15-4-2-14(3-5-15)18(26)10-11-19(27)24-16-6-8-17(9-7-16)30(28,29)25-20-22-12-1-13-23-20/h1-9,12-13H,10-11H2,(H,24,27)(H,22,23,25). The monoisotopic (exact) mass is 444 g/mol. The van der Waals surface area contributed by atoms with Gasteiger partial charge in [0.15, 0.2) is 5.78 Å². The molecule has 10 heteroatoms. The molecule has 0 saturated heterocycles. The Kier molecular flexibility index (Phi) is 6.76. The average Bonchev–Trinajstić information content (AvgIpc) is 2.73. The molecule has 154 valence electrons. The van der Waals surface area contributed by atoms with E-state index < -0.39 is 10.0 Å². The molecule has 0 aliphatic rings. The molecular weight excluding hydrogens is 428 g/mol. The minimum atomic E-state index is -3.86. The molecule has 0 aliphatic heterocycles. The Bertz CT molecular complexity index is 1140. The summed E-state index contributed by atoms with van der Waals surface area (Å²) in [7, 11) is -3.86. The van der Waals surface area contributed by atoms with Gasteiger partial charge in [0.2, 0.25) is 11.9 Å². The number of sulfonamides is 1. The molecule has 0 aliphatic carbocycles. The number of amides is 1. The second-order valence-electron chi connectivity index (χ2n) is 6.18. The van der Waals surface area contributed by atoms with Crippen LogP contribution >= 0.6 is 11.6 Å². The lowest BCUT2D eigenvalue weighted by atomic mass is 10.1. The summed E-state index contributed by atoms with van der Waals surface area (Å²) in [5, 5.41) is 3.16. The minimum absolute atomic E-state index is 0.00554. The second-order valence-corrected chi connectivity index (χ2v) is 8.30. The quantitative estimate of drug-likeness (QED) is 0.513. The van der Waals surface area contributed by atoms with E-state index >= 15 is 0 Å². The summed E-state index contributed by atoms with van der Waals surface area (Å²) in [6.07, 6.45) is 2.87.